The molecule has 0 saturated carbocycles. The number of aromatic hydroxyl groups is 1. The average Bonchev–Trinajstić information content (AvgIpc) is 2.65. The van der Waals surface area contributed by atoms with Crippen LogP contribution < -0.4 is 5.43 Å². The highest BCUT2D eigenvalue weighted by Gasteiger charge is 2.07. The molecule has 136 valence electrons. The monoisotopic (exact) mass is 372 g/mol. The number of aliphatic hydroxyl groups is 1. The van der Waals surface area contributed by atoms with Crippen LogP contribution in [0.5, 0.6) is 5.75 Å². The Morgan fingerprint density at radius 2 is 1.92 bits per heavy atom. The van der Waals surface area contributed by atoms with Crippen molar-refractivity contribution >= 4 is 29.8 Å². The van der Waals surface area contributed by atoms with Crippen LogP contribution >= 0.6 is 11.6 Å². The lowest BCUT2D eigenvalue weighted by Gasteiger charge is -2.02. The van der Waals surface area contributed by atoms with Crippen molar-refractivity contribution in [3.8, 4) is 5.75 Å². The van der Waals surface area contributed by atoms with Gasteiger partial charge in [-0.1, -0.05) is 54.9 Å². The molecule has 1 atom stereocenters. The maximum atomic E-state index is 12.0. The van der Waals surface area contributed by atoms with Crippen LogP contribution in [0.2, 0.25) is 5.02 Å². The number of carbonyl (C=O) groups excluding carboxylic acids is 1. The fourth-order valence-electron chi connectivity index (χ4n) is 2.10. The van der Waals surface area contributed by atoms with Crippen molar-refractivity contribution < 1.29 is 15.0 Å². The van der Waals surface area contributed by atoms with Gasteiger partial charge in [0.15, 0.2) is 0 Å². The highest BCUT2D eigenvalue weighted by molar-refractivity contribution is 6.32. The van der Waals surface area contributed by atoms with E-state index in [1.165, 1.54) is 24.4 Å². The van der Waals surface area contributed by atoms with Gasteiger partial charge in [-0.05, 0) is 42.2 Å². The van der Waals surface area contributed by atoms with E-state index in [1.54, 1.807) is 0 Å². The maximum absolute atomic E-state index is 12.0. The molecule has 6 heteroatoms. The quantitative estimate of drug-likeness (QED) is 0.507. The Bertz CT molecular complexity index is 801. The second kappa shape index (κ2) is 9.75. The van der Waals surface area contributed by atoms with Crippen molar-refractivity contribution in [2.45, 2.75) is 25.9 Å². The summed E-state index contributed by atoms with van der Waals surface area (Å²) in [5.41, 5.74) is 4.57. The van der Waals surface area contributed by atoms with Crippen molar-refractivity contribution in [3.63, 3.8) is 0 Å². The van der Waals surface area contributed by atoms with Crippen LogP contribution in [0.4, 0.5) is 0 Å². The van der Waals surface area contributed by atoms with Gasteiger partial charge in [0.1, 0.15) is 5.75 Å². The molecule has 2 aromatic carbocycles. The Kier molecular flexibility index (Phi) is 7.38. The third-order valence-electron chi connectivity index (χ3n) is 3.72. The van der Waals surface area contributed by atoms with Crippen molar-refractivity contribution in [1.29, 1.82) is 0 Å². The van der Waals surface area contributed by atoms with E-state index in [4.69, 9.17) is 11.6 Å². The van der Waals surface area contributed by atoms with Gasteiger partial charge in [0.2, 0.25) is 0 Å². The summed E-state index contributed by atoms with van der Waals surface area (Å²) in [5.74, 6) is -0.498. The van der Waals surface area contributed by atoms with Gasteiger partial charge >= 0.3 is 0 Å². The molecule has 2 rings (SSSR count). The van der Waals surface area contributed by atoms with Gasteiger partial charge in [0, 0.05) is 5.56 Å². The number of nitrogens with zero attached hydrogens (tertiary/aromatic N) is 1. The number of halogens is 1. The summed E-state index contributed by atoms with van der Waals surface area (Å²) in [4.78, 5) is 12.0. The second-order valence-electron chi connectivity index (χ2n) is 5.73. The summed E-state index contributed by atoms with van der Waals surface area (Å²) >= 11 is 5.78. The summed E-state index contributed by atoms with van der Waals surface area (Å²) in [6.45, 7) is 1.95. The molecule has 0 fully saturated rings. The van der Waals surface area contributed by atoms with E-state index in [0.29, 0.717) is 12.0 Å². The predicted octanol–water partition coefficient (Wildman–Crippen LogP) is 3.98. The van der Waals surface area contributed by atoms with Gasteiger partial charge in [-0.3, -0.25) is 4.79 Å². The second-order valence-corrected chi connectivity index (χ2v) is 6.14. The van der Waals surface area contributed by atoms with Crippen molar-refractivity contribution in [2.24, 2.45) is 5.10 Å². The molecule has 1 amide bonds. The molecule has 0 aliphatic carbocycles. The van der Waals surface area contributed by atoms with E-state index in [0.717, 1.165) is 17.5 Å². The highest BCUT2D eigenvalue weighted by atomic mass is 35.5. The minimum Gasteiger partial charge on any atom is -0.506 e. The van der Waals surface area contributed by atoms with Gasteiger partial charge in [0.05, 0.1) is 17.3 Å². The molecule has 26 heavy (non-hydrogen) atoms. The first-order chi connectivity index (χ1) is 12.5. The van der Waals surface area contributed by atoms with Crippen LogP contribution in [-0.2, 0) is 0 Å². The molecular formula is C20H21ClN2O3. The first-order valence-electron chi connectivity index (χ1n) is 8.26. The largest absolute Gasteiger partial charge is 0.506 e. The molecule has 2 aromatic rings. The van der Waals surface area contributed by atoms with Crippen LogP contribution in [0.1, 0.15) is 41.3 Å². The Labute approximate surface area is 157 Å². The molecule has 0 aromatic heterocycles. The molecule has 0 bridgehead atoms. The van der Waals surface area contributed by atoms with E-state index in [1.807, 2.05) is 43.3 Å². The Hall–Kier alpha value is -2.63. The smallest absolute Gasteiger partial charge is 0.271 e. The first kappa shape index (κ1) is 19.7. The number of aliphatic hydroxyl groups excluding tert-OH is 1. The van der Waals surface area contributed by atoms with Crippen LogP contribution in [0, 0.1) is 0 Å². The molecule has 0 saturated heterocycles. The van der Waals surface area contributed by atoms with Gasteiger partial charge in [0.25, 0.3) is 5.91 Å². The summed E-state index contributed by atoms with van der Waals surface area (Å²) < 4.78 is 0. The Morgan fingerprint density at radius 1 is 1.23 bits per heavy atom. The summed E-state index contributed by atoms with van der Waals surface area (Å²) in [7, 11) is 0. The minimum absolute atomic E-state index is 0.0786. The maximum Gasteiger partial charge on any atom is 0.271 e. The molecule has 0 aliphatic rings. The van der Waals surface area contributed by atoms with Crippen LogP contribution in [0.3, 0.4) is 0 Å². The molecule has 5 nitrogen and oxygen atoms in total. The fraction of sp³-hybridized carbons (Fsp3) is 0.200. The summed E-state index contributed by atoms with van der Waals surface area (Å²) in [6, 6.07) is 11.8. The van der Waals surface area contributed by atoms with Gasteiger partial charge in [-0.25, -0.2) is 5.43 Å². The number of phenolic OH excluding ortho intramolecular Hbond substituents is 1. The third-order valence-corrected chi connectivity index (χ3v) is 4.02. The lowest BCUT2D eigenvalue weighted by molar-refractivity contribution is 0.0955. The van der Waals surface area contributed by atoms with E-state index in [2.05, 4.69) is 10.5 Å². The lowest BCUT2D eigenvalue weighted by Crippen LogP contribution is -2.17. The zero-order chi connectivity index (χ0) is 18.9. The van der Waals surface area contributed by atoms with E-state index < -0.39 is 5.91 Å². The van der Waals surface area contributed by atoms with Gasteiger partial charge in [-0.2, -0.15) is 5.10 Å². The topological polar surface area (TPSA) is 81.9 Å². The SMILES string of the molecule is CCC(O)C/C=C/c1ccc(/C=N/NC(=O)c2ccc(O)c(Cl)c2)cc1. The number of hydrazone groups is 1. The van der Waals surface area contributed by atoms with E-state index in [9.17, 15) is 15.0 Å². The van der Waals surface area contributed by atoms with E-state index >= 15 is 0 Å². The van der Waals surface area contributed by atoms with Crippen molar-refractivity contribution in [1.82, 2.24) is 5.43 Å². The molecular weight excluding hydrogens is 352 g/mol. The number of phenols is 1. The van der Waals surface area contributed by atoms with Crippen LogP contribution in [0.25, 0.3) is 6.08 Å². The van der Waals surface area contributed by atoms with E-state index in [-0.39, 0.29) is 16.9 Å². The molecule has 3 N–H and O–H groups in total. The van der Waals surface area contributed by atoms with Gasteiger partial charge < -0.3 is 10.2 Å². The predicted molar refractivity (Wildman–Crippen MR) is 105 cm³/mol. The average molecular weight is 373 g/mol. The Balaban J connectivity index is 1.89. The molecule has 0 spiro atoms. The number of carbonyl (C=O) groups is 1. The van der Waals surface area contributed by atoms with Crippen LogP contribution in [-0.4, -0.2) is 28.4 Å². The minimum atomic E-state index is -0.419. The van der Waals surface area contributed by atoms with Crippen molar-refractivity contribution in [2.75, 3.05) is 0 Å². The lowest BCUT2D eigenvalue weighted by atomic mass is 10.1. The zero-order valence-corrected chi connectivity index (χ0v) is 15.1. The molecule has 0 heterocycles. The summed E-state index contributed by atoms with van der Waals surface area (Å²) in [5, 5.41) is 22.9. The highest BCUT2D eigenvalue weighted by Crippen LogP contribution is 2.23. The zero-order valence-electron chi connectivity index (χ0n) is 14.4. The third kappa shape index (κ3) is 6.02. The molecule has 0 aliphatic heterocycles. The standard InChI is InChI=1S/C20H21ClN2O3/c1-2-17(24)5-3-4-14-6-8-15(9-7-14)13-22-23-20(26)16-10-11-19(25)18(21)12-16/h3-4,6-13,17,24-25H,2,5H2,1H3,(H,23,26)/b4-3+,22-13+. The van der Waals surface area contributed by atoms with Gasteiger partial charge in [-0.15, -0.1) is 0 Å². The first-order valence-corrected chi connectivity index (χ1v) is 8.64. The Morgan fingerprint density at radius 3 is 2.58 bits per heavy atom. The van der Waals surface area contributed by atoms with Crippen molar-refractivity contribution in [3.05, 3.63) is 70.3 Å². The fourth-order valence-corrected chi connectivity index (χ4v) is 2.28. The molecule has 0 radical (unpaired) electrons. The normalized spacial score (nSPS) is 12.6. The summed E-state index contributed by atoms with van der Waals surface area (Å²) in [6.07, 6.45) is 6.50. The number of hydrogen-bond acceptors (Lipinski definition) is 4. The molecule has 1 unspecified atom stereocenters. The number of amides is 1. The number of hydrogen-bond donors (Lipinski definition) is 3. The number of benzene rings is 2. The van der Waals surface area contributed by atoms with Crippen LogP contribution in [0.15, 0.2) is 53.6 Å². The number of nitrogens with one attached hydrogen (secondary N) is 1. The number of rotatable bonds is 7.